The molecule has 0 N–H and O–H groups in total. The average Bonchev–Trinajstić information content (AvgIpc) is 2.65. The second-order valence-electron chi connectivity index (χ2n) is 4.96. The average molecular weight is 264 g/mol. The van der Waals surface area contributed by atoms with E-state index in [0.29, 0.717) is 10.6 Å². The van der Waals surface area contributed by atoms with E-state index in [1.54, 1.807) is 0 Å². The van der Waals surface area contributed by atoms with Gasteiger partial charge in [-0.25, -0.2) is 4.79 Å². The summed E-state index contributed by atoms with van der Waals surface area (Å²) in [4.78, 5) is 12.3. The Hall–Kier alpha value is -1.55. The molecule has 2 aromatic rings. The second-order valence-corrected chi connectivity index (χ2v) is 6.01. The first kappa shape index (κ1) is 12.9. The van der Waals surface area contributed by atoms with Crippen LogP contribution in [0.4, 0.5) is 0 Å². The minimum Gasteiger partial charge on any atom is -0.486 e. The third kappa shape index (κ3) is 2.48. The lowest BCUT2D eigenvalue weighted by atomic mass is 10.1. The van der Waals surface area contributed by atoms with Crippen molar-refractivity contribution in [3.05, 3.63) is 29.1 Å². The summed E-state index contributed by atoms with van der Waals surface area (Å²) < 4.78 is 11.8. The number of ether oxygens (including phenoxy) is 2. The third-order valence-electron chi connectivity index (χ3n) is 2.33. The van der Waals surface area contributed by atoms with E-state index in [0.717, 1.165) is 10.1 Å². The van der Waals surface area contributed by atoms with E-state index < -0.39 is 0 Å². The van der Waals surface area contributed by atoms with Gasteiger partial charge in [-0.3, -0.25) is 0 Å². The number of carbonyl (C=O) groups is 1. The molecule has 0 amide bonds. The Labute approximate surface area is 110 Å². The highest BCUT2D eigenvalue weighted by atomic mass is 32.1. The summed E-state index contributed by atoms with van der Waals surface area (Å²) in [7, 11) is 1.38. The highest BCUT2D eigenvalue weighted by Crippen LogP contribution is 2.39. The number of benzene rings is 1. The molecule has 0 saturated carbocycles. The van der Waals surface area contributed by atoms with Gasteiger partial charge in [0.25, 0.3) is 0 Å². The maximum atomic E-state index is 11.8. The summed E-state index contributed by atoms with van der Waals surface area (Å²) >= 11 is 1.40. The fourth-order valence-electron chi connectivity index (χ4n) is 1.66. The second kappa shape index (κ2) is 4.61. The first-order valence-electron chi connectivity index (χ1n) is 5.71. The molecule has 0 spiro atoms. The van der Waals surface area contributed by atoms with E-state index in [-0.39, 0.29) is 11.6 Å². The number of hydrogen-bond acceptors (Lipinski definition) is 4. The molecule has 0 aliphatic rings. The van der Waals surface area contributed by atoms with Gasteiger partial charge in [-0.1, -0.05) is 12.1 Å². The SMILES string of the molecule is COC(=O)c1sc2ccccc2c1OC(C)(C)C. The van der Waals surface area contributed by atoms with Gasteiger partial charge in [-0.2, -0.15) is 0 Å². The molecule has 0 fully saturated rings. The maximum Gasteiger partial charge on any atom is 0.351 e. The van der Waals surface area contributed by atoms with E-state index in [1.165, 1.54) is 18.4 Å². The van der Waals surface area contributed by atoms with Crippen LogP contribution in [0.25, 0.3) is 10.1 Å². The van der Waals surface area contributed by atoms with E-state index in [4.69, 9.17) is 9.47 Å². The summed E-state index contributed by atoms with van der Waals surface area (Å²) in [6.45, 7) is 5.88. The van der Waals surface area contributed by atoms with Gasteiger partial charge < -0.3 is 9.47 Å². The molecule has 0 bridgehead atoms. The van der Waals surface area contributed by atoms with Crippen molar-refractivity contribution in [3.63, 3.8) is 0 Å². The molecule has 1 aromatic heterocycles. The fourth-order valence-corrected chi connectivity index (χ4v) is 2.70. The van der Waals surface area contributed by atoms with Crippen LogP contribution in [-0.2, 0) is 4.74 Å². The van der Waals surface area contributed by atoms with Crippen LogP contribution in [0.1, 0.15) is 30.4 Å². The van der Waals surface area contributed by atoms with Gasteiger partial charge in [0, 0.05) is 10.1 Å². The van der Waals surface area contributed by atoms with Crippen LogP contribution in [0, 0.1) is 0 Å². The monoisotopic (exact) mass is 264 g/mol. The van der Waals surface area contributed by atoms with Gasteiger partial charge in [0.15, 0.2) is 10.6 Å². The number of thiophene rings is 1. The Kier molecular flexibility index (Phi) is 3.30. The summed E-state index contributed by atoms with van der Waals surface area (Å²) in [6.07, 6.45) is 0. The van der Waals surface area contributed by atoms with Gasteiger partial charge in [0.2, 0.25) is 0 Å². The molecule has 18 heavy (non-hydrogen) atoms. The number of carbonyl (C=O) groups excluding carboxylic acids is 1. The molecule has 2 rings (SSSR count). The number of hydrogen-bond donors (Lipinski definition) is 0. The fraction of sp³-hybridized carbons (Fsp3) is 0.357. The van der Waals surface area contributed by atoms with Crippen LogP contribution in [0.15, 0.2) is 24.3 Å². The summed E-state index contributed by atoms with van der Waals surface area (Å²) in [5.41, 5.74) is -0.355. The lowest BCUT2D eigenvalue weighted by Crippen LogP contribution is -2.23. The molecule has 0 atom stereocenters. The first-order chi connectivity index (χ1) is 8.42. The zero-order valence-corrected chi connectivity index (χ0v) is 11.8. The molecule has 0 unspecified atom stereocenters. The van der Waals surface area contributed by atoms with E-state index in [9.17, 15) is 4.79 Å². The molecular formula is C14H16O3S. The van der Waals surface area contributed by atoms with Crippen molar-refractivity contribution >= 4 is 27.4 Å². The van der Waals surface area contributed by atoms with Crippen molar-refractivity contribution in [1.29, 1.82) is 0 Å². The van der Waals surface area contributed by atoms with Gasteiger partial charge in [-0.05, 0) is 32.9 Å². The zero-order valence-electron chi connectivity index (χ0n) is 10.9. The van der Waals surface area contributed by atoms with E-state index >= 15 is 0 Å². The molecule has 4 heteroatoms. The summed E-state index contributed by atoms with van der Waals surface area (Å²) in [6, 6.07) is 7.81. The smallest absolute Gasteiger partial charge is 0.351 e. The highest BCUT2D eigenvalue weighted by Gasteiger charge is 2.24. The Morgan fingerprint density at radius 1 is 1.22 bits per heavy atom. The van der Waals surface area contributed by atoms with Crippen LogP contribution >= 0.6 is 11.3 Å². The van der Waals surface area contributed by atoms with Crippen LogP contribution < -0.4 is 4.74 Å². The van der Waals surface area contributed by atoms with Crippen molar-refractivity contribution in [2.75, 3.05) is 7.11 Å². The Morgan fingerprint density at radius 3 is 2.50 bits per heavy atom. The van der Waals surface area contributed by atoms with E-state index in [1.807, 2.05) is 45.0 Å². The zero-order chi connectivity index (χ0) is 13.3. The number of esters is 1. The van der Waals surface area contributed by atoms with Crippen molar-refractivity contribution in [1.82, 2.24) is 0 Å². The highest BCUT2D eigenvalue weighted by molar-refractivity contribution is 7.21. The number of methoxy groups -OCH3 is 1. The van der Waals surface area contributed by atoms with Gasteiger partial charge >= 0.3 is 5.97 Å². The number of rotatable bonds is 2. The van der Waals surface area contributed by atoms with Crippen LogP contribution in [-0.4, -0.2) is 18.7 Å². The lowest BCUT2D eigenvalue weighted by Gasteiger charge is -2.21. The van der Waals surface area contributed by atoms with Crippen LogP contribution in [0.2, 0.25) is 0 Å². The minimum absolute atomic E-state index is 0.351. The molecule has 3 nitrogen and oxygen atoms in total. The summed E-state index contributed by atoms with van der Waals surface area (Å²) in [5.74, 6) is 0.269. The predicted octanol–water partition coefficient (Wildman–Crippen LogP) is 3.87. The standard InChI is InChI=1S/C14H16O3S/c1-14(2,3)17-11-9-7-5-6-8-10(9)18-12(11)13(15)16-4/h5-8H,1-4H3. The predicted molar refractivity (Wildman–Crippen MR) is 73.5 cm³/mol. The van der Waals surface area contributed by atoms with Crippen molar-refractivity contribution < 1.29 is 14.3 Å². The topological polar surface area (TPSA) is 35.5 Å². The van der Waals surface area contributed by atoms with E-state index in [2.05, 4.69) is 0 Å². The van der Waals surface area contributed by atoms with Gasteiger partial charge in [-0.15, -0.1) is 11.3 Å². The summed E-state index contributed by atoms with van der Waals surface area (Å²) in [5, 5.41) is 0.956. The normalized spacial score (nSPS) is 11.6. The molecular weight excluding hydrogens is 248 g/mol. The Morgan fingerprint density at radius 2 is 1.89 bits per heavy atom. The molecule has 0 aliphatic carbocycles. The molecule has 1 aromatic carbocycles. The van der Waals surface area contributed by atoms with Crippen molar-refractivity contribution in [2.24, 2.45) is 0 Å². The Bertz CT molecular complexity index is 578. The van der Waals surface area contributed by atoms with Crippen LogP contribution in [0.3, 0.4) is 0 Å². The molecule has 0 saturated heterocycles. The van der Waals surface area contributed by atoms with Crippen LogP contribution in [0.5, 0.6) is 5.75 Å². The quantitative estimate of drug-likeness (QED) is 0.772. The van der Waals surface area contributed by atoms with Crippen molar-refractivity contribution in [2.45, 2.75) is 26.4 Å². The maximum absolute atomic E-state index is 11.8. The molecule has 96 valence electrons. The molecule has 0 radical (unpaired) electrons. The van der Waals surface area contributed by atoms with Gasteiger partial charge in [0.05, 0.1) is 7.11 Å². The largest absolute Gasteiger partial charge is 0.486 e. The van der Waals surface area contributed by atoms with Crippen molar-refractivity contribution in [3.8, 4) is 5.75 Å². The number of fused-ring (bicyclic) bond motifs is 1. The minimum atomic E-state index is -0.355. The Balaban J connectivity index is 2.61. The third-order valence-corrected chi connectivity index (χ3v) is 3.46. The van der Waals surface area contributed by atoms with Gasteiger partial charge in [0.1, 0.15) is 5.60 Å². The molecule has 0 aliphatic heterocycles. The first-order valence-corrected chi connectivity index (χ1v) is 6.53. The lowest BCUT2D eigenvalue weighted by molar-refractivity contribution is 0.0594. The molecule has 1 heterocycles.